The van der Waals surface area contributed by atoms with Gasteiger partial charge in [-0.1, -0.05) is 12.1 Å². The fourth-order valence-electron chi connectivity index (χ4n) is 3.36. The lowest BCUT2D eigenvalue weighted by Crippen LogP contribution is -2.35. The fourth-order valence-corrected chi connectivity index (χ4v) is 4.44. The summed E-state index contributed by atoms with van der Waals surface area (Å²) in [7, 11) is -3.87. The van der Waals surface area contributed by atoms with E-state index in [-0.39, 0.29) is 18.0 Å². The maximum absolute atomic E-state index is 12.7. The van der Waals surface area contributed by atoms with Gasteiger partial charge >= 0.3 is 0 Å². The molecule has 10 heteroatoms. The van der Waals surface area contributed by atoms with E-state index in [9.17, 15) is 18.3 Å². The van der Waals surface area contributed by atoms with Crippen LogP contribution >= 0.6 is 0 Å². The van der Waals surface area contributed by atoms with Gasteiger partial charge in [0.15, 0.2) is 11.5 Å². The van der Waals surface area contributed by atoms with Crippen molar-refractivity contribution < 1.29 is 32.5 Å². The van der Waals surface area contributed by atoms with Crippen LogP contribution in [0, 0.1) is 6.92 Å². The second-order valence-corrected chi connectivity index (χ2v) is 9.66. The van der Waals surface area contributed by atoms with Crippen LogP contribution in [0.2, 0.25) is 0 Å². The number of amides is 1. The van der Waals surface area contributed by atoms with Gasteiger partial charge in [0.05, 0.1) is 4.90 Å². The van der Waals surface area contributed by atoms with Crippen molar-refractivity contribution in [2.75, 3.05) is 31.1 Å². The van der Waals surface area contributed by atoms with E-state index in [1.807, 2.05) is 25.1 Å². The molecule has 0 bridgehead atoms. The van der Waals surface area contributed by atoms with Gasteiger partial charge in [-0.15, -0.1) is 0 Å². The first-order valence-corrected chi connectivity index (χ1v) is 12.5. The van der Waals surface area contributed by atoms with Gasteiger partial charge in [-0.05, 0) is 61.0 Å². The van der Waals surface area contributed by atoms with E-state index in [2.05, 4.69) is 10.0 Å². The van der Waals surface area contributed by atoms with Crippen molar-refractivity contribution in [1.82, 2.24) is 5.32 Å². The third kappa shape index (κ3) is 6.43. The molecule has 0 fully saturated rings. The van der Waals surface area contributed by atoms with Crippen molar-refractivity contribution in [3.63, 3.8) is 0 Å². The number of anilines is 1. The van der Waals surface area contributed by atoms with Crippen molar-refractivity contribution in [2.24, 2.45) is 0 Å². The minimum absolute atomic E-state index is 0.00312. The molecule has 0 radical (unpaired) electrons. The Balaban J connectivity index is 1.29. The summed E-state index contributed by atoms with van der Waals surface area (Å²) in [6.45, 7) is 2.74. The molecule has 1 aliphatic heterocycles. The molecular weight excluding hydrogens is 472 g/mol. The zero-order valence-electron chi connectivity index (χ0n) is 19.1. The molecule has 1 unspecified atom stereocenters. The summed E-state index contributed by atoms with van der Waals surface area (Å²) in [5, 5.41) is 12.7. The molecule has 1 aliphatic rings. The SMILES string of the molecule is Cc1cccc(OCC(O)CNC(=O)c2ccc(NS(=O)(=O)c3ccc4c(c3)OCCO4)cc2)c1. The number of aliphatic hydroxyl groups is 1. The van der Waals surface area contributed by atoms with Crippen LogP contribution in [0.25, 0.3) is 0 Å². The first kappa shape index (κ1) is 24.4. The minimum Gasteiger partial charge on any atom is -0.491 e. The van der Waals surface area contributed by atoms with E-state index in [4.69, 9.17) is 14.2 Å². The normalized spacial score (nSPS) is 13.5. The molecule has 0 saturated heterocycles. The fraction of sp³-hybridized carbons (Fsp3) is 0.240. The molecule has 3 aromatic carbocycles. The van der Waals surface area contributed by atoms with Crippen LogP contribution < -0.4 is 24.2 Å². The second kappa shape index (κ2) is 10.7. The Morgan fingerprint density at radius 1 is 1.03 bits per heavy atom. The number of ether oxygens (including phenoxy) is 3. The summed E-state index contributed by atoms with van der Waals surface area (Å²) in [5.74, 6) is 1.11. The highest BCUT2D eigenvalue weighted by Gasteiger charge is 2.20. The summed E-state index contributed by atoms with van der Waals surface area (Å²) in [6.07, 6.45) is -0.892. The first-order valence-electron chi connectivity index (χ1n) is 11.0. The third-order valence-electron chi connectivity index (χ3n) is 5.15. The Morgan fingerprint density at radius 2 is 1.77 bits per heavy atom. The first-order chi connectivity index (χ1) is 16.8. The monoisotopic (exact) mass is 498 g/mol. The van der Waals surface area contributed by atoms with E-state index in [0.29, 0.717) is 41.7 Å². The number of aryl methyl sites for hydroxylation is 1. The number of rotatable bonds is 9. The van der Waals surface area contributed by atoms with Crippen molar-refractivity contribution in [2.45, 2.75) is 17.9 Å². The molecule has 0 saturated carbocycles. The van der Waals surface area contributed by atoms with E-state index in [0.717, 1.165) is 5.56 Å². The Morgan fingerprint density at radius 3 is 2.51 bits per heavy atom. The number of nitrogens with one attached hydrogen (secondary N) is 2. The molecule has 1 amide bonds. The van der Waals surface area contributed by atoms with Gasteiger partial charge in [-0.25, -0.2) is 8.42 Å². The van der Waals surface area contributed by atoms with Gasteiger partial charge < -0.3 is 24.6 Å². The van der Waals surface area contributed by atoms with Crippen molar-refractivity contribution >= 4 is 21.6 Å². The van der Waals surface area contributed by atoms with Crippen LogP contribution in [0.1, 0.15) is 15.9 Å². The zero-order valence-corrected chi connectivity index (χ0v) is 19.9. The maximum Gasteiger partial charge on any atom is 0.262 e. The highest BCUT2D eigenvalue weighted by atomic mass is 32.2. The highest BCUT2D eigenvalue weighted by Crippen LogP contribution is 2.32. The third-order valence-corrected chi connectivity index (χ3v) is 6.53. The number of hydrogen-bond donors (Lipinski definition) is 3. The predicted octanol–water partition coefficient (Wildman–Crippen LogP) is 2.74. The van der Waals surface area contributed by atoms with Gasteiger partial charge in [0, 0.05) is 23.9 Å². The van der Waals surface area contributed by atoms with Crippen molar-refractivity contribution in [3.05, 3.63) is 77.9 Å². The molecule has 0 spiro atoms. The maximum atomic E-state index is 12.7. The summed E-state index contributed by atoms with van der Waals surface area (Å²) in [6, 6.07) is 17.8. The summed E-state index contributed by atoms with van der Waals surface area (Å²) in [4.78, 5) is 12.4. The summed E-state index contributed by atoms with van der Waals surface area (Å²) < 4.78 is 44.4. The Hall–Kier alpha value is -3.76. The number of hydrogen-bond acceptors (Lipinski definition) is 7. The Labute approximate surface area is 203 Å². The number of fused-ring (bicyclic) bond motifs is 1. The standard InChI is InChI=1S/C25H26N2O7S/c1-17-3-2-4-21(13-17)34-16-20(28)15-26-25(29)18-5-7-19(8-6-18)27-35(30,31)22-9-10-23-24(14-22)33-12-11-32-23/h2-10,13-14,20,27-28H,11-12,15-16H2,1H3,(H,26,29). The van der Waals surface area contributed by atoms with E-state index >= 15 is 0 Å². The highest BCUT2D eigenvalue weighted by molar-refractivity contribution is 7.92. The van der Waals surface area contributed by atoms with Crippen LogP contribution in [-0.2, 0) is 10.0 Å². The minimum atomic E-state index is -3.87. The average Bonchev–Trinajstić information content (AvgIpc) is 2.86. The number of carbonyl (C=O) groups is 1. The molecule has 1 heterocycles. The molecule has 0 aliphatic carbocycles. The molecular formula is C25H26N2O7S. The van der Waals surface area contributed by atoms with Crippen LogP contribution in [0.4, 0.5) is 5.69 Å². The van der Waals surface area contributed by atoms with Crippen LogP contribution in [0.5, 0.6) is 17.2 Å². The smallest absolute Gasteiger partial charge is 0.262 e. The van der Waals surface area contributed by atoms with E-state index < -0.39 is 22.0 Å². The predicted molar refractivity (Wildman–Crippen MR) is 130 cm³/mol. The van der Waals surface area contributed by atoms with Gasteiger partial charge in [0.2, 0.25) is 0 Å². The molecule has 184 valence electrons. The topological polar surface area (TPSA) is 123 Å². The summed E-state index contributed by atoms with van der Waals surface area (Å²) >= 11 is 0. The largest absolute Gasteiger partial charge is 0.491 e. The molecule has 4 rings (SSSR count). The number of carbonyl (C=O) groups excluding carboxylic acids is 1. The van der Waals surface area contributed by atoms with Crippen molar-refractivity contribution in [1.29, 1.82) is 0 Å². The second-order valence-electron chi connectivity index (χ2n) is 7.98. The van der Waals surface area contributed by atoms with Gasteiger partial charge in [0.1, 0.15) is 31.7 Å². The molecule has 1 atom stereocenters. The van der Waals surface area contributed by atoms with Gasteiger partial charge in [-0.2, -0.15) is 0 Å². The number of sulfonamides is 1. The van der Waals surface area contributed by atoms with Gasteiger partial charge in [-0.3, -0.25) is 9.52 Å². The molecule has 9 nitrogen and oxygen atoms in total. The number of aliphatic hydroxyl groups excluding tert-OH is 1. The molecule has 0 aromatic heterocycles. The van der Waals surface area contributed by atoms with Gasteiger partial charge in [0.25, 0.3) is 15.9 Å². The van der Waals surface area contributed by atoms with E-state index in [1.54, 1.807) is 12.1 Å². The van der Waals surface area contributed by atoms with Crippen LogP contribution in [-0.4, -0.2) is 51.9 Å². The molecule has 3 N–H and O–H groups in total. The lowest BCUT2D eigenvalue weighted by atomic mass is 10.2. The molecule has 35 heavy (non-hydrogen) atoms. The quantitative estimate of drug-likeness (QED) is 0.415. The lowest BCUT2D eigenvalue weighted by molar-refractivity contribution is 0.0843. The zero-order chi connectivity index (χ0) is 24.8. The summed E-state index contributed by atoms with van der Waals surface area (Å²) in [5.41, 5.74) is 1.66. The average molecular weight is 499 g/mol. The van der Waals surface area contributed by atoms with Crippen LogP contribution in [0.15, 0.2) is 71.6 Å². The Bertz CT molecular complexity index is 1290. The van der Waals surface area contributed by atoms with Crippen molar-refractivity contribution in [3.8, 4) is 17.2 Å². The van der Waals surface area contributed by atoms with Crippen LogP contribution in [0.3, 0.4) is 0 Å². The van der Waals surface area contributed by atoms with E-state index in [1.165, 1.54) is 36.4 Å². The Kier molecular flexibility index (Phi) is 7.42. The molecule has 3 aromatic rings. The number of benzene rings is 3. The lowest BCUT2D eigenvalue weighted by Gasteiger charge is -2.19.